The van der Waals surface area contributed by atoms with Crippen LogP contribution in [0.4, 0.5) is 5.95 Å². The molecule has 1 aromatic heterocycles. The maximum absolute atomic E-state index is 11.5. The van der Waals surface area contributed by atoms with Crippen molar-refractivity contribution in [1.29, 1.82) is 0 Å². The summed E-state index contributed by atoms with van der Waals surface area (Å²) in [6, 6.07) is 6.85. The molecule has 1 aromatic carbocycles. The molecule has 2 fully saturated rings. The van der Waals surface area contributed by atoms with E-state index in [1.54, 1.807) is 24.3 Å². The summed E-state index contributed by atoms with van der Waals surface area (Å²) >= 11 is 0. The van der Waals surface area contributed by atoms with E-state index in [0.29, 0.717) is 49.5 Å². The molecule has 0 aliphatic carbocycles. The number of aromatic nitrogens is 2. The molecule has 0 saturated carbocycles. The van der Waals surface area contributed by atoms with Crippen LogP contribution in [0.1, 0.15) is 35.7 Å². The topological polar surface area (TPSA) is 83.0 Å². The van der Waals surface area contributed by atoms with Crippen LogP contribution in [-0.2, 0) is 14.2 Å². The highest BCUT2D eigenvalue weighted by molar-refractivity contribution is 5.89. The van der Waals surface area contributed by atoms with Crippen LogP contribution in [0.2, 0.25) is 0 Å². The normalized spacial score (nSPS) is 21.9. The van der Waals surface area contributed by atoms with E-state index in [4.69, 9.17) is 18.9 Å². The number of hydrogen-bond acceptors (Lipinski definition) is 8. The largest absolute Gasteiger partial charge is 0.486 e. The van der Waals surface area contributed by atoms with Crippen LogP contribution in [0.3, 0.4) is 0 Å². The molecule has 3 heterocycles. The molecule has 30 heavy (non-hydrogen) atoms. The van der Waals surface area contributed by atoms with Crippen molar-refractivity contribution in [3.63, 3.8) is 0 Å². The van der Waals surface area contributed by atoms with Crippen molar-refractivity contribution in [3.05, 3.63) is 47.8 Å². The number of anilines is 1. The third-order valence-electron chi connectivity index (χ3n) is 5.39. The zero-order valence-corrected chi connectivity index (χ0v) is 17.5. The second-order valence-corrected chi connectivity index (χ2v) is 7.88. The fourth-order valence-corrected chi connectivity index (χ4v) is 3.58. The minimum atomic E-state index is -0.372. The van der Waals surface area contributed by atoms with Crippen molar-refractivity contribution in [2.45, 2.75) is 38.1 Å². The Labute approximate surface area is 176 Å². The molecule has 2 aliphatic rings. The Morgan fingerprint density at radius 1 is 1.07 bits per heavy atom. The SMILES string of the molecule is COC(=O)c1ccc(OC2CO[C@H]3CN(c4ncc(C(C)C)cn4)C[C@@H]3OC2)cc1. The number of fused-ring (bicyclic) bond motifs is 1. The molecular weight excluding hydrogens is 386 g/mol. The van der Waals surface area contributed by atoms with E-state index in [2.05, 4.69) is 28.7 Å². The van der Waals surface area contributed by atoms with Gasteiger partial charge in [-0.15, -0.1) is 0 Å². The minimum Gasteiger partial charge on any atom is -0.486 e. The number of carbonyl (C=O) groups excluding carboxylic acids is 1. The third kappa shape index (κ3) is 4.55. The lowest BCUT2D eigenvalue weighted by Gasteiger charge is -2.20. The zero-order valence-electron chi connectivity index (χ0n) is 17.5. The lowest BCUT2D eigenvalue weighted by Crippen LogP contribution is -2.30. The maximum Gasteiger partial charge on any atom is 0.337 e. The van der Waals surface area contributed by atoms with Crippen molar-refractivity contribution in [1.82, 2.24) is 9.97 Å². The van der Waals surface area contributed by atoms with E-state index in [-0.39, 0.29) is 24.3 Å². The van der Waals surface area contributed by atoms with Gasteiger partial charge < -0.3 is 23.8 Å². The van der Waals surface area contributed by atoms with Crippen LogP contribution < -0.4 is 9.64 Å². The first-order valence-electron chi connectivity index (χ1n) is 10.2. The molecule has 2 aliphatic heterocycles. The number of carbonyl (C=O) groups is 1. The Balaban J connectivity index is 1.31. The standard InChI is InChI=1S/C22H27N3O5/c1-14(2)16-8-23-22(24-9-16)25-10-19-20(11-25)29-13-18(12-28-19)30-17-6-4-15(5-7-17)21(26)27-3/h4-9,14,18-20H,10-13H2,1-3H3/t19-,20-/m0/s1. The Bertz CT molecular complexity index is 840. The number of rotatable bonds is 5. The summed E-state index contributed by atoms with van der Waals surface area (Å²) in [5.74, 6) is 1.40. The van der Waals surface area contributed by atoms with Crippen molar-refractivity contribution in [3.8, 4) is 5.75 Å². The predicted octanol–water partition coefficient (Wildman–Crippen LogP) is 2.44. The van der Waals surface area contributed by atoms with Gasteiger partial charge in [-0.3, -0.25) is 0 Å². The molecule has 0 spiro atoms. The van der Waals surface area contributed by atoms with Crippen LogP contribution >= 0.6 is 0 Å². The summed E-state index contributed by atoms with van der Waals surface area (Å²) in [5, 5.41) is 0. The Morgan fingerprint density at radius 3 is 2.20 bits per heavy atom. The molecule has 0 unspecified atom stereocenters. The van der Waals surface area contributed by atoms with E-state index in [9.17, 15) is 4.79 Å². The molecule has 2 aromatic rings. The van der Waals surface area contributed by atoms with Gasteiger partial charge >= 0.3 is 5.97 Å². The molecule has 2 atom stereocenters. The van der Waals surface area contributed by atoms with E-state index < -0.39 is 0 Å². The number of hydrogen-bond donors (Lipinski definition) is 0. The van der Waals surface area contributed by atoms with Crippen LogP contribution in [0.15, 0.2) is 36.7 Å². The summed E-state index contributed by atoms with van der Waals surface area (Å²) in [7, 11) is 1.36. The van der Waals surface area contributed by atoms with Gasteiger partial charge in [-0.05, 0) is 35.7 Å². The van der Waals surface area contributed by atoms with Crippen LogP contribution in [0, 0.1) is 0 Å². The van der Waals surface area contributed by atoms with Gasteiger partial charge in [-0.2, -0.15) is 0 Å². The van der Waals surface area contributed by atoms with Gasteiger partial charge in [0.2, 0.25) is 5.95 Å². The van der Waals surface area contributed by atoms with E-state index in [1.165, 1.54) is 7.11 Å². The molecule has 4 rings (SSSR count). The van der Waals surface area contributed by atoms with Crippen LogP contribution in [0.25, 0.3) is 0 Å². The van der Waals surface area contributed by atoms with Gasteiger partial charge in [0.15, 0.2) is 0 Å². The Kier molecular flexibility index (Phi) is 6.15. The summed E-state index contributed by atoms with van der Waals surface area (Å²) in [4.78, 5) is 22.6. The average Bonchev–Trinajstić information content (AvgIpc) is 3.09. The molecule has 8 heteroatoms. The van der Waals surface area contributed by atoms with Crippen molar-refractivity contribution >= 4 is 11.9 Å². The average molecular weight is 413 g/mol. The monoisotopic (exact) mass is 413 g/mol. The predicted molar refractivity (Wildman–Crippen MR) is 110 cm³/mol. The van der Waals surface area contributed by atoms with Crippen molar-refractivity contribution in [2.75, 3.05) is 38.3 Å². The summed E-state index contributed by atoms with van der Waals surface area (Å²) in [5.41, 5.74) is 1.61. The highest BCUT2D eigenvalue weighted by atomic mass is 16.6. The van der Waals surface area contributed by atoms with E-state index in [0.717, 1.165) is 5.56 Å². The highest BCUT2D eigenvalue weighted by Gasteiger charge is 2.38. The molecule has 2 saturated heterocycles. The number of ether oxygens (including phenoxy) is 4. The summed E-state index contributed by atoms with van der Waals surface area (Å²) in [6.45, 7) is 6.49. The zero-order chi connectivity index (χ0) is 21.1. The molecule has 8 nitrogen and oxygen atoms in total. The van der Waals surface area contributed by atoms with Crippen molar-refractivity contribution in [2.24, 2.45) is 0 Å². The summed E-state index contributed by atoms with van der Waals surface area (Å²) < 4.78 is 22.9. The van der Waals surface area contributed by atoms with Gasteiger partial charge in [0, 0.05) is 25.5 Å². The number of methoxy groups -OCH3 is 1. The molecular formula is C22H27N3O5. The Morgan fingerprint density at radius 2 is 1.67 bits per heavy atom. The first kappa shape index (κ1) is 20.6. The van der Waals surface area contributed by atoms with E-state index >= 15 is 0 Å². The molecule has 160 valence electrons. The quantitative estimate of drug-likeness (QED) is 0.692. The maximum atomic E-state index is 11.5. The van der Waals surface area contributed by atoms with Crippen LogP contribution in [0.5, 0.6) is 5.75 Å². The first-order chi connectivity index (χ1) is 14.5. The van der Waals surface area contributed by atoms with Crippen LogP contribution in [-0.4, -0.2) is 67.7 Å². The van der Waals surface area contributed by atoms with Crippen molar-refractivity contribution < 1.29 is 23.7 Å². The van der Waals surface area contributed by atoms with Gasteiger partial charge in [0.1, 0.15) is 24.1 Å². The second-order valence-electron chi connectivity index (χ2n) is 7.88. The fraction of sp³-hybridized carbons (Fsp3) is 0.500. The van der Waals surface area contributed by atoms with Gasteiger partial charge in [0.05, 0.1) is 25.9 Å². The number of benzene rings is 1. The number of nitrogens with zero attached hydrogens (tertiary/aromatic N) is 3. The Hall–Kier alpha value is -2.71. The smallest absolute Gasteiger partial charge is 0.337 e. The lowest BCUT2D eigenvalue weighted by atomic mass is 10.1. The molecule has 0 radical (unpaired) electrons. The highest BCUT2D eigenvalue weighted by Crippen LogP contribution is 2.25. The fourth-order valence-electron chi connectivity index (χ4n) is 3.58. The molecule has 0 amide bonds. The van der Waals surface area contributed by atoms with E-state index in [1.807, 2.05) is 12.4 Å². The lowest BCUT2D eigenvalue weighted by molar-refractivity contribution is -0.00461. The minimum absolute atomic E-state index is 0.0475. The van der Waals surface area contributed by atoms with Gasteiger partial charge in [0.25, 0.3) is 0 Å². The first-order valence-corrected chi connectivity index (χ1v) is 10.2. The second kappa shape index (κ2) is 8.97. The van der Waals surface area contributed by atoms with Gasteiger partial charge in [-0.1, -0.05) is 13.8 Å². The summed E-state index contributed by atoms with van der Waals surface area (Å²) in [6.07, 6.45) is 3.47. The molecule has 0 N–H and O–H groups in total. The third-order valence-corrected chi connectivity index (χ3v) is 5.39. The molecule has 0 bridgehead atoms. The van der Waals surface area contributed by atoms with Gasteiger partial charge in [-0.25, -0.2) is 14.8 Å². The number of esters is 1.